The molecule has 7 heteroatoms. The SMILES string of the molecule is C=C(C)OCc1cccc2c(-c3cnn4cc(-c5ccc(N6CCNCC6)cc5)cnc34)ccnc12. The van der Waals surface area contributed by atoms with Crippen LogP contribution in [0.25, 0.3) is 38.8 Å². The number of allylic oxidation sites excluding steroid dienone is 1. The van der Waals surface area contributed by atoms with Gasteiger partial charge in [-0.3, -0.25) is 4.98 Å². The van der Waals surface area contributed by atoms with Crippen molar-refractivity contribution in [3.63, 3.8) is 0 Å². The molecule has 0 radical (unpaired) electrons. The Morgan fingerprint density at radius 1 is 0.972 bits per heavy atom. The quantitative estimate of drug-likeness (QED) is 0.345. The first kappa shape index (κ1) is 22.2. The van der Waals surface area contributed by atoms with E-state index in [9.17, 15) is 0 Å². The summed E-state index contributed by atoms with van der Waals surface area (Å²) < 4.78 is 7.52. The molecule has 2 aromatic carbocycles. The number of hydrogen-bond acceptors (Lipinski definition) is 6. The second-order valence-corrected chi connectivity index (χ2v) is 9.12. The Balaban J connectivity index is 1.33. The molecule has 0 spiro atoms. The topological polar surface area (TPSA) is 67.6 Å². The van der Waals surface area contributed by atoms with E-state index >= 15 is 0 Å². The number of fused-ring (bicyclic) bond motifs is 2. The zero-order chi connectivity index (χ0) is 24.5. The Kier molecular flexibility index (Phi) is 5.83. The van der Waals surface area contributed by atoms with Crippen LogP contribution in [0.3, 0.4) is 0 Å². The molecule has 4 heterocycles. The number of para-hydroxylation sites is 1. The normalized spacial score (nSPS) is 13.9. The lowest BCUT2D eigenvalue weighted by Crippen LogP contribution is -2.43. The van der Waals surface area contributed by atoms with Crippen molar-refractivity contribution in [3.8, 4) is 22.3 Å². The van der Waals surface area contributed by atoms with E-state index in [0.717, 1.165) is 70.5 Å². The largest absolute Gasteiger partial charge is 0.494 e. The molecule has 7 nitrogen and oxygen atoms in total. The molecule has 1 aliphatic rings. The maximum atomic E-state index is 5.67. The summed E-state index contributed by atoms with van der Waals surface area (Å²) in [6.07, 6.45) is 7.68. The zero-order valence-corrected chi connectivity index (χ0v) is 20.3. The van der Waals surface area contributed by atoms with Gasteiger partial charge in [0.1, 0.15) is 6.61 Å². The molecule has 6 rings (SSSR count). The average Bonchev–Trinajstić information content (AvgIpc) is 3.35. The van der Waals surface area contributed by atoms with Crippen LogP contribution in [0.15, 0.2) is 85.7 Å². The fraction of sp³-hybridized carbons (Fsp3) is 0.207. The van der Waals surface area contributed by atoms with Crippen molar-refractivity contribution in [2.24, 2.45) is 0 Å². The molecule has 1 saturated heterocycles. The predicted octanol–water partition coefficient (Wildman–Crippen LogP) is 5.07. The summed E-state index contributed by atoms with van der Waals surface area (Å²) in [5.41, 5.74) is 8.18. The van der Waals surface area contributed by atoms with E-state index < -0.39 is 0 Å². The van der Waals surface area contributed by atoms with Crippen LogP contribution < -0.4 is 10.2 Å². The number of rotatable bonds is 6. The van der Waals surface area contributed by atoms with Gasteiger partial charge in [-0.05, 0) is 36.2 Å². The molecule has 0 aliphatic carbocycles. The summed E-state index contributed by atoms with van der Waals surface area (Å²) in [4.78, 5) is 11.9. The molecule has 36 heavy (non-hydrogen) atoms. The second-order valence-electron chi connectivity index (χ2n) is 9.12. The molecule has 3 aromatic heterocycles. The van der Waals surface area contributed by atoms with Crippen molar-refractivity contribution in [2.45, 2.75) is 13.5 Å². The van der Waals surface area contributed by atoms with E-state index in [0.29, 0.717) is 12.4 Å². The van der Waals surface area contributed by atoms with E-state index in [-0.39, 0.29) is 0 Å². The highest BCUT2D eigenvalue weighted by Crippen LogP contribution is 2.32. The van der Waals surface area contributed by atoms with E-state index in [1.54, 1.807) is 0 Å². The minimum atomic E-state index is 0.437. The third kappa shape index (κ3) is 4.18. The van der Waals surface area contributed by atoms with Gasteiger partial charge < -0.3 is 15.0 Å². The van der Waals surface area contributed by atoms with Gasteiger partial charge >= 0.3 is 0 Å². The highest BCUT2D eigenvalue weighted by atomic mass is 16.5. The van der Waals surface area contributed by atoms with Crippen LogP contribution in [0.5, 0.6) is 0 Å². The smallest absolute Gasteiger partial charge is 0.162 e. The fourth-order valence-corrected chi connectivity index (χ4v) is 4.79. The van der Waals surface area contributed by atoms with E-state index in [2.05, 4.69) is 57.2 Å². The standard InChI is InChI=1S/C29H28N6O/c1-20(2)36-19-22-4-3-5-26-25(10-11-31-28(22)26)27-17-33-35-18-23(16-32-29(27)35)21-6-8-24(9-7-21)34-14-12-30-13-15-34/h3-11,16-18,30H,1,12-15,19H2,2H3. The summed E-state index contributed by atoms with van der Waals surface area (Å²) in [7, 11) is 0. The number of anilines is 1. The van der Waals surface area contributed by atoms with Gasteiger partial charge in [-0.15, -0.1) is 0 Å². The van der Waals surface area contributed by atoms with Gasteiger partial charge in [0, 0.05) is 72.5 Å². The molecule has 180 valence electrons. The summed E-state index contributed by atoms with van der Waals surface area (Å²) in [5, 5.41) is 9.09. The van der Waals surface area contributed by atoms with Crippen LogP contribution in [0.2, 0.25) is 0 Å². The highest BCUT2D eigenvalue weighted by Gasteiger charge is 2.15. The first-order chi connectivity index (χ1) is 17.7. The minimum Gasteiger partial charge on any atom is -0.494 e. The Labute approximate surface area is 210 Å². The van der Waals surface area contributed by atoms with E-state index in [1.165, 1.54) is 5.69 Å². The molecule has 0 saturated carbocycles. The number of hydrogen-bond donors (Lipinski definition) is 1. The maximum absolute atomic E-state index is 5.67. The Morgan fingerprint density at radius 2 is 1.81 bits per heavy atom. The van der Waals surface area contributed by atoms with Gasteiger partial charge in [0.2, 0.25) is 0 Å². The predicted molar refractivity (Wildman–Crippen MR) is 144 cm³/mol. The Bertz CT molecular complexity index is 1550. The van der Waals surface area contributed by atoms with Gasteiger partial charge in [0.25, 0.3) is 0 Å². The third-order valence-corrected chi connectivity index (χ3v) is 6.66. The molecular weight excluding hydrogens is 448 g/mol. The lowest BCUT2D eigenvalue weighted by Gasteiger charge is -2.29. The van der Waals surface area contributed by atoms with Crippen LogP contribution in [-0.4, -0.2) is 45.8 Å². The average molecular weight is 477 g/mol. The van der Waals surface area contributed by atoms with Gasteiger partial charge in [-0.1, -0.05) is 36.9 Å². The lowest BCUT2D eigenvalue weighted by atomic mass is 10.0. The van der Waals surface area contributed by atoms with Crippen LogP contribution in [0.1, 0.15) is 12.5 Å². The number of aromatic nitrogens is 4. The van der Waals surface area contributed by atoms with Gasteiger partial charge in [0.15, 0.2) is 5.65 Å². The first-order valence-electron chi connectivity index (χ1n) is 12.2. The van der Waals surface area contributed by atoms with Crippen molar-refractivity contribution >= 4 is 22.2 Å². The third-order valence-electron chi connectivity index (χ3n) is 6.66. The minimum absolute atomic E-state index is 0.437. The number of piperazine rings is 1. The van der Waals surface area contributed by atoms with Crippen LogP contribution in [0.4, 0.5) is 5.69 Å². The van der Waals surface area contributed by atoms with Crippen molar-refractivity contribution in [1.82, 2.24) is 24.9 Å². The molecular formula is C29H28N6O. The molecule has 1 N–H and O–H groups in total. The highest BCUT2D eigenvalue weighted by molar-refractivity contribution is 5.98. The number of nitrogens with zero attached hydrogens (tertiary/aromatic N) is 5. The van der Waals surface area contributed by atoms with Crippen molar-refractivity contribution in [1.29, 1.82) is 0 Å². The second kappa shape index (κ2) is 9.43. The van der Waals surface area contributed by atoms with E-state index in [1.807, 2.05) is 54.4 Å². The lowest BCUT2D eigenvalue weighted by molar-refractivity contribution is 0.203. The molecule has 0 unspecified atom stereocenters. The molecule has 0 bridgehead atoms. The molecule has 0 atom stereocenters. The van der Waals surface area contributed by atoms with Gasteiger partial charge in [-0.2, -0.15) is 5.10 Å². The van der Waals surface area contributed by atoms with Crippen LogP contribution in [-0.2, 0) is 11.3 Å². The number of nitrogens with one attached hydrogen (secondary N) is 1. The molecule has 5 aromatic rings. The summed E-state index contributed by atoms with van der Waals surface area (Å²) >= 11 is 0. The van der Waals surface area contributed by atoms with Crippen molar-refractivity contribution in [3.05, 3.63) is 91.2 Å². The van der Waals surface area contributed by atoms with Gasteiger partial charge in [0.05, 0.1) is 17.5 Å². The Hall–Kier alpha value is -4.23. The zero-order valence-electron chi connectivity index (χ0n) is 20.3. The molecule has 0 amide bonds. The number of benzene rings is 2. The van der Waals surface area contributed by atoms with Gasteiger partial charge in [-0.25, -0.2) is 9.50 Å². The summed E-state index contributed by atoms with van der Waals surface area (Å²) in [5.74, 6) is 0.684. The van der Waals surface area contributed by atoms with Crippen LogP contribution >= 0.6 is 0 Å². The number of ether oxygens (including phenoxy) is 1. The Morgan fingerprint density at radius 3 is 2.61 bits per heavy atom. The fourth-order valence-electron chi connectivity index (χ4n) is 4.79. The summed E-state index contributed by atoms with van der Waals surface area (Å²) in [6, 6.07) is 16.9. The van der Waals surface area contributed by atoms with Crippen LogP contribution in [0, 0.1) is 0 Å². The van der Waals surface area contributed by atoms with E-state index in [4.69, 9.17) is 9.72 Å². The van der Waals surface area contributed by atoms with Crippen molar-refractivity contribution < 1.29 is 4.74 Å². The number of pyridine rings is 1. The summed E-state index contributed by atoms with van der Waals surface area (Å²) in [6.45, 7) is 10.2. The first-order valence-corrected chi connectivity index (χ1v) is 12.2. The molecule has 1 aliphatic heterocycles. The monoisotopic (exact) mass is 476 g/mol. The maximum Gasteiger partial charge on any atom is 0.162 e. The molecule has 1 fully saturated rings. The van der Waals surface area contributed by atoms with Crippen molar-refractivity contribution in [2.75, 3.05) is 31.1 Å².